The van der Waals surface area contributed by atoms with E-state index in [4.69, 9.17) is 5.26 Å². The number of carbonyl (C=O) groups excluding carboxylic acids is 1. The molecular weight excluding hydrogens is 140 g/mol. The van der Waals surface area contributed by atoms with E-state index in [2.05, 4.69) is 6.07 Å². The number of nitrogens with zero attached hydrogens (tertiary/aromatic N) is 1. The van der Waals surface area contributed by atoms with Gasteiger partial charge >= 0.3 is 0 Å². The van der Waals surface area contributed by atoms with Crippen molar-refractivity contribution in [1.82, 2.24) is 5.32 Å². The first-order valence-corrected chi connectivity index (χ1v) is 3.01. The Labute approximate surface area is 64.3 Å². The van der Waals surface area contributed by atoms with Gasteiger partial charge in [-0.2, -0.15) is 5.26 Å². The molecule has 3 nitrogen and oxygen atoms in total. The van der Waals surface area contributed by atoms with E-state index in [1.165, 1.54) is 0 Å². The third kappa shape index (κ3) is 1.80. The van der Waals surface area contributed by atoms with Gasteiger partial charge < -0.3 is 0 Å². The Morgan fingerprint density at radius 2 is 2.45 bits per heavy atom. The third-order valence-electron chi connectivity index (χ3n) is 1.12. The monoisotopic (exact) mass is 145 g/mol. The lowest BCUT2D eigenvalue weighted by molar-refractivity contribution is 0.0972. The smallest absolute Gasteiger partial charge is 0.264 e. The van der Waals surface area contributed by atoms with Gasteiger partial charge in [-0.1, -0.05) is 18.2 Å². The second kappa shape index (κ2) is 3.37. The topological polar surface area (TPSA) is 52.9 Å². The van der Waals surface area contributed by atoms with Crippen molar-refractivity contribution in [2.24, 2.45) is 0 Å². The minimum Gasteiger partial charge on any atom is -0.268 e. The molecule has 0 unspecified atom stereocenters. The average molecular weight is 145 g/mol. The fourth-order valence-electron chi connectivity index (χ4n) is 0.653. The van der Waals surface area contributed by atoms with Gasteiger partial charge in [0.15, 0.2) is 6.19 Å². The normalized spacial score (nSPS) is 8.27. The predicted molar refractivity (Wildman–Crippen MR) is 38.4 cm³/mol. The molecule has 1 amide bonds. The maximum Gasteiger partial charge on any atom is 0.264 e. The highest BCUT2D eigenvalue weighted by Gasteiger charge is 2.01. The first-order chi connectivity index (χ1) is 5.34. The van der Waals surface area contributed by atoms with Crippen LogP contribution in [0.1, 0.15) is 10.4 Å². The molecule has 1 rings (SSSR count). The van der Waals surface area contributed by atoms with Crippen LogP contribution in [-0.4, -0.2) is 5.91 Å². The molecule has 0 bridgehead atoms. The summed E-state index contributed by atoms with van der Waals surface area (Å²) in [6, 6.07) is 9.36. The van der Waals surface area contributed by atoms with Gasteiger partial charge in [0.1, 0.15) is 0 Å². The maximum absolute atomic E-state index is 10.9. The minimum atomic E-state index is -0.423. The second-order valence-corrected chi connectivity index (χ2v) is 1.84. The summed E-state index contributed by atoms with van der Waals surface area (Å²) >= 11 is 0. The van der Waals surface area contributed by atoms with Crippen molar-refractivity contribution in [2.45, 2.75) is 0 Å². The molecule has 3 heteroatoms. The largest absolute Gasteiger partial charge is 0.268 e. The standard InChI is InChI=1S/C8H5N2O/c9-6-10-8(11)7-4-2-1-3-5-7/h1-4H,(H,10,11). The Hall–Kier alpha value is -1.82. The van der Waals surface area contributed by atoms with Crippen molar-refractivity contribution in [3.63, 3.8) is 0 Å². The lowest BCUT2D eigenvalue weighted by atomic mass is 10.2. The number of hydrogen-bond acceptors (Lipinski definition) is 2. The van der Waals surface area contributed by atoms with Crippen LogP contribution in [0.25, 0.3) is 0 Å². The second-order valence-electron chi connectivity index (χ2n) is 1.84. The summed E-state index contributed by atoms with van der Waals surface area (Å²) < 4.78 is 0. The molecule has 1 aromatic rings. The van der Waals surface area contributed by atoms with Crippen LogP contribution in [0, 0.1) is 17.5 Å². The van der Waals surface area contributed by atoms with Crippen molar-refractivity contribution >= 4 is 5.91 Å². The lowest BCUT2D eigenvalue weighted by Gasteiger charge is -1.93. The summed E-state index contributed by atoms with van der Waals surface area (Å²) in [6.45, 7) is 0. The van der Waals surface area contributed by atoms with Crippen molar-refractivity contribution in [2.75, 3.05) is 0 Å². The molecule has 0 atom stereocenters. The van der Waals surface area contributed by atoms with Gasteiger partial charge in [0.2, 0.25) is 0 Å². The summed E-state index contributed by atoms with van der Waals surface area (Å²) in [5.41, 5.74) is 0.369. The summed E-state index contributed by atoms with van der Waals surface area (Å²) in [5.74, 6) is -0.423. The van der Waals surface area contributed by atoms with Gasteiger partial charge in [0.05, 0.1) is 0 Å². The SMILES string of the molecule is N#CNC(=O)c1[c]cccc1. The number of hydrogen-bond donors (Lipinski definition) is 1. The Balaban J connectivity index is 2.79. The van der Waals surface area contributed by atoms with Crippen LogP contribution in [-0.2, 0) is 0 Å². The van der Waals surface area contributed by atoms with Crippen LogP contribution in [0.2, 0.25) is 0 Å². The molecule has 1 N–H and O–H groups in total. The van der Waals surface area contributed by atoms with Gasteiger partial charge in [-0.05, 0) is 12.1 Å². The van der Waals surface area contributed by atoms with Crippen molar-refractivity contribution in [3.05, 3.63) is 35.9 Å². The van der Waals surface area contributed by atoms with E-state index in [-0.39, 0.29) is 0 Å². The van der Waals surface area contributed by atoms with E-state index in [9.17, 15) is 4.79 Å². The Bertz CT molecular complexity index is 287. The molecule has 0 saturated heterocycles. The molecule has 0 saturated carbocycles. The van der Waals surface area contributed by atoms with E-state index in [0.29, 0.717) is 5.56 Å². The number of nitrogens with one attached hydrogen (secondary N) is 1. The lowest BCUT2D eigenvalue weighted by Crippen LogP contribution is -2.16. The van der Waals surface area contributed by atoms with E-state index in [1.807, 2.05) is 5.32 Å². The van der Waals surface area contributed by atoms with E-state index in [1.54, 1.807) is 30.5 Å². The molecule has 11 heavy (non-hydrogen) atoms. The number of carbonyl (C=O) groups is 1. The quantitative estimate of drug-likeness (QED) is 0.467. The molecular formula is C8H5N2O. The van der Waals surface area contributed by atoms with Crippen molar-refractivity contribution in [1.29, 1.82) is 5.26 Å². The molecule has 1 radical (unpaired) electrons. The summed E-state index contributed by atoms with van der Waals surface area (Å²) in [4.78, 5) is 10.9. The molecule has 0 fully saturated rings. The molecule has 0 aromatic heterocycles. The Morgan fingerprint density at radius 3 is 3.00 bits per heavy atom. The fraction of sp³-hybridized carbons (Fsp3) is 0. The van der Waals surface area contributed by atoms with Crippen LogP contribution >= 0.6 is 0 Å². The number of rotatable bonds is 1. The minimum absolute atomic E-state index is 0.369. The molecule has 1 aromatic carbocycles. The number of nitriles is 1. The molecule has 0 heterocycles. The van der Waals surface area contributed by atoms with Crippen LogP contribution in [0.15, 0.2) is 24.3 Å². The summed E-state index contributed by atoms with van der Waals surface area (Å²) in [7, 11) is 0. The van der Waals surface area contributed by atoms with Crippen LogP contribution in [0.4, 0.5) is 0 Å². The Morgan fingerprint density at radius 1 is 1.64 bits per heavy atom. The third-order valence-corrected chi connectivity index (χ3v) is 1.12. The van der Waals surface area contributed by atoms with Gasteiger partial charge in [0.25, 0.3) is 5.91 Å². The zero-order chi connectivity index (χ0) is 8.10. The number of amides is 1. The highest BCUT2D eigenvalue weighted by Crippen LogP contribution is 1.95. The number of benzene rings is 1. The predicted octanol–water partition coefficient (Wildman–Crippen LogP) is 0.698. The molecule has 0 aliphatic heterocycles. The van der Waals surface area contributed by atoms with Gasteiger partial charge in [-0.3, -0.25) is 10.1 Å². The van der Waals surface area contributed by atoms with E-state index >= 15 is 0 Å². The molecule has 0 aliphatic carbocycles. The maximum atomic E-state index is 10.9. The Kier molecular flexibility index (Phi) is 2.24. The van der Waals surface area contributed by atoms with Crippen LogP contribution in [0.3, 0.4) is 0 Å². The highest BCUT2D eigenvalue weighted by atomic mass is 16.1. The molecule has 0 spiro atoms. The van der Waals surface area contributed by atoms with E-state index < -0.39 is 5.91 Å². The van der Waals surface area contributed by atoms with E-state index in [0.717, 1.165) is 0 Å². The van der Waals surface area contributed by atoms with Crippen molar-refractivity contribution < 1.29 is 4.79 Å². The highest BCUT2D eigenvalue weighted by molar-refractivity contribution is 5.94. The van der Waals surface area contributed by atoms with Gasteiger partial charge in [0, 0.05) is 5.56 Å². The summed E-state index contributed by atoms with van der Waals surface area (Å²) in [6.07, 6.45) is 1.55. The zero-order valence-corrected chi connectivity index (χ0v) is 5.66. The fourth-order valence-corrected chi connectivity index (χ4v) is 0.653. The molecule has 0 aliphatic rings. The van der Waals surface area contributed by atoms with Crippen LogP contribution in [0.5, 0.6) is 0 Å². The summed E-state index contributed by atoms with van der Waals surface area (Å²) in [5, 5.41) is 10.1. The first-order valence-electron chi connectivity index (χ1n) is 3.01. The van der Waals surface area contributed by atoms with Crippen molar-refractivity contribution in [3.8, 4) is 6.19 Å². The van der Waals surface area contributed by atoms with Gasteiger partial charge in [-0.15, -0.1) is 0 Å². The van der Waals surface area contributed by atoms with Gasteiger partial charge in [-0.25, -0.2) is 0 Å². The molecule has 53 valence electrons. The average Bonchev–Trinajstić information content (AvgIpc) is 2.07. The first kappa shape index (κ1) is 7.29. The van der Waals surface area contributed by atoms with Crippen LogP contribution < -0.4 is 5.32 Å². The zero-order valence-electron chi connectivity index (χ0n) is 5.66.